The third-order valence-corrected chi connectivity index (χ3v) is 6.67. The number of carbonyl (C=O) groups excluding carboxylic acids is 1. The van der Waals surface area contributed by atoms with Gasteiger partial charge < -0.3 is 25.2 Å². The molecule has 0 saturated heterocycles. The zero-order chi connectivity index (χ0) is 28.6. The normalized spacial score (nSPS) is 11.7. The Bertz CT molecular complexity index is 1450. The molecule has 0 spiro atoms. The molecule has 2 N–H and O–H groups in total. The van der Waals surface area contributed by atoms with Gasteiger partial charge in [-0.05, 0) is 61.7 Å². The molecule has 1 heterocycles. The van der Waals surface area contributed by atoms with Crippen molar-refractivity contribution in [3.63, 3.8) is 0 Å². The summed E-state index contributed by atoms with van der Waals surface area (Å²) in [4.78, 5) is 21.4. The average Bonchev–Trinajstić information content (AvgIpc) is 2.94. The van der Waals surface area contributed by atoms with E-state index in [-0.39, 0.29) is 11.7 Å². The molecule has 1 atom stereocenters. The Hall–Kier alpha value is -4.40. The van der Waals surface area contributed by atoms with Crippen molar-refractivity contribution >= 4 is 34.0 Å². The fourth-order valence-electron chi connectivity index (χ4n) is 4.48. The predicted molar refractivity (Wildman–Crippen MR) is 157 cm³/mol. The maximum atomic E-state index is 14.3. The number of halogens is 2. The zero-order valence-electron chi connectivity index (χ0n) is 23.2. The third kappa shape index (κ3) is 7.37. The second-order valence-electron chi connectivity index (χ2n) is 9.97. The van der Waals surface area contributed by atoms with Gasteiger partial charge in [-0.2, -0.15) is 0 Å². The number of ether oxygens (including phenoxy) is 1. The molecule has 0 aliphatic rings. The fraction of sp³-hybridized carbons (Fsp3) is 0.290. The number of pyridine rings is 1. The number of rotatable bonds is 11. The van der Waals surface area contributed by atoms with E-state index in [1.165, 1.54) is 6.07 Å². The quantitative estimate of drug-likeness (QED) is 0.214. The number of nitrogens with zero attached hydrogens (tertiary/aromatic N) is 3. The largest absolute Gasteiger partial charge is 0.497 e. The Kier molecular flexibility index (Phi) is 9.37. The lowest BCUT2D eigenvalue weighted by Gasteiger charge is -2.25. The Morgan fingerprint density at radius 3 is 2.50 bits per heavy atom. The summed E-state index contributed by atoms with van der Waals surface area (Å²) in [7, 11) is 5.56. The van der Waals surface area contributed by atoms with Gasteiger partial charge in [0.05, 0.1) is 24.0 Å². The van der Waals surface area contributed by atoms with E-state index < -0.39 is 17.7 Å². The van der Waals surface area contributed by atoms with Gasteiger partial charge in [0.1, 0.15) is 17.4 Å². The van der Waals surface area contributed by atoms with Crippen LogP contribution in [0, 0.1) is 11.6 Å². The van der Waals surface area contributed by atoms with Crippen LogP contribution < -0.4 is 20.3 Å². The molecule has 2 amide bonds. The second-order valence-corrected chi connectivity index (χ2v) is 9.97. The number of amides is 2. The summed E-state index contributed by atoms with van der Waals surface area (Å²) in [6, 6.07) is 18.4. The third-order valence-electron chi connectivity index (χ3n) is 6.67. The summed E-state index contributed by atoms with van der Waals surface area (Å²) in [6.07, 6.45) is 3.22. The van der Waals surface area contributed by atoms with Crippen LogP contribution in [-0.4, -0.2) is 49.7 Å². The van der Waals surface area contributed by atoms with Gasteiger partial charge in [-0.15, -0.1) is 0 Å². The molecular weight excluding hydrogens is 512 g/mol. The number of methoxy groups -OCH3 is 1. The van der Waals surface area contributed by atoms with Crippen LogP contribution >= 0.6 is 0 Å². The zero-order valence-corrected chi connectivity index (χ0v) is 23.2. The molecule has 7 nitrogen and oxygen atoms in total. The van der Waals surface area contributed by atoms with Crippen molar-refractivity contribution in [3.05, 3.63) is 90.1 Å². The molecule has 4 aromatic rings. The van der Waals surface area contributed by atoms with E-state index in [1.54, 1.807) is 18.2 Å². The Morgan fingerprint density at radius 2 is 1.80 bits per heavy atom. The number of hydrogen-bond acceptors (Lipinski definition) is 5. The number of aromatic nitrogens is 1. The SMILES string of the molecule is COc1cc(NC(C)CCCN(Cc2ccc(N(C)C)cc2)C(=O)Nc2ccc(F)cc2F)c2ncccc2c1. The van der Waals surface area contributed by atoms with Gasteiger partial charge in [0.25, 0.3) is 0 Å². The van der Waals surface area contributed by atoms with Crippen LogP contribution in [0.25, 0.3) is 10.9 Å². The molecule has 0 aliphatic carbocycles. The second kappa shape index (κ2) is 13.1. The van der Waals surface area contributed by atoms with Gasteiger partial charge in [0, 0.05) is 62.6 Å². The highest BCUT2D eigenvalue weighted by Crippen LogP contribution is 2.28. The highest BCUT2D eigenvalue weighted by atomic mass is 19.1. The standard InChI is InChI=1S/C31H35F2N5O2/c1-21(35-29-19-26(40-4)17-23-8-5-15-34-30(23)29)7-6-16-38(20-22-9-12-25(13-10-22)37(2)3)31(39)36-28-14-11-24(32)18-27(28)33/h5,8-15,17-19,21,35H,6-7,16,20H2,1-4H3,(H,36,39). The van der Waals surface area contributed by atoms with E-state index in [1.807, 2.05) is 67.5 Å². The fourth-order valence-corrected chi connectivity index (χ4v) is 4.48. The highest BCUT2D eigenvalue weighted by molar-refractivity contribution is 5.92. The number of carbonyl (C=O) groups is 1. The van der Waals surface area contributed by atoms with E-state index >= 15 is 0 Å². The van der Waals surface area contributed by atoms with Gasteiger partial charge in [-0.1, -0.05) is 18.2 Å². The van der Waals surface area contributed by atoms with E-state index in [4.69, 9.17) is 4.74 Å². The molecule has 1 unspecified atom stereocenters. The van der Waals surface area contributed by atoms with Gasteiger partial charge in [-0.3, -0.25) is 4.98 Å². The maximum absolute atomic E-state index is 14.3. The van der Waals surface area contributed by atoms with Crippen molar-refractivity contribution in [3.8, 4) is 5.75 Å². The van der Waals surface area contributed by atoms with Crippen LogP contribution in [0.5, 0.6) is 5.75 Å². The van der Waals surface area contributed by atoms with Crippen molar-refractivity contribution in [1.82, 2.24) is 9.88 Å². The Balaban J connectivity index is 1.44. The smallest absolute Gasteiger partial charge is 0.322 e. The average molecular weight is 548 g/mol. The van der Waals surface area contributed by atoms with Crippen molar-refractivity contribution in [1.29, 1.82) is 0 Å². The molecular formula is C31H35F2N5O2. The molecule has 1 aromatic heterocycles. The molecule has 3 aromatic carbocycles. The van der Waals surface area contributed by atoms with Gasteiger partial charge in [0.15, 0.2) is 0 Å². The lowest BCUT2D eigenvalue weighted by atomic mass is 10.1. The molecule has 0 bridgehead atoms. The number of hydrogen-bond donors (Lipinski definition) is 2. The van der Waals surface area contributed by atoms with Crippen LogP contribution in [0.15, 0.2) is 72.9 Å². The summed E-state index contributed by atoms with van der Waals surface area (Å²) in [6.45, 7) is 2.86. The first-order valence-electron chi connectivity index (χ1n) is 13.2. The highest BCUT2D eigenvalue weighted by Gasteiger charge is 2.17. The maximum Gasteiger partial charge on any atom is 0.322 e. The topological polar surface area (TPSA) is 69.7 Å². The molecule has 0 saturated carbocycles. The summed E-state index contributed by atoms with van der Waals surface area (Å²) >= 11 is 0. The molecule has 0 radical (unpaired) electrons. The molecule has 0 aliphatic heterocycles. The first kappa shape index (κ1) is 28.6. The lowest BCUT2D eigenvalue weighted by molar-refractivity contribution is 0.207. The van der Waals surface area contributed by atoms with E-state index in [0.29, 0.717) is 19.5 Å². The number of nitrogens with one attached hydrogen (secondary N) is 2. The van der Waals surface area contributed by atoms with E-state index in [0.717, 1.165) is 52.1 Å². The molecule has 0 fully saturated rings. The summed E-state index contributed by atoms with van der Waals surface area (Å²) in [5.74, 6) is -0.777. The number of anilines is 3. The van der Waals surface area contributed by atoms with Crippen LogP contribution in [0.1, 0.15) is 25.3 Å². The summed E-state index contributed by atoms with van der Waals surface area (Å²) in [5, 5.41) is 7.11. The minimum Gasteiger partial charge on any atom is -0.497 e. The molecule has 210 valence electrons. The lowest BCUT2D eigenvalue weighted by Crippen LogP contribution is -2.36. The number of urea groups is 1. The minimum atomic E-state index is -0.819. The van der Waals surface area contributed by atoms with Crippen LogP contribution in [0.2, 0.25) is 0 Å². The number of benzene rings is 3. The van der Waals surface area contributed by atoms with Crippen molar-refractivity contribution in [2.75, 3.05) is 43.3 Å². The van der Waals surface area contributed by atoms with Crippen molar-refractivity contribution in [2.45, 2.75) is 32.4 Å². The van der Waals surface area contributed by atoms with E-state index in [2.05, 4.69) is 22.5 Å². The Labute approximate surface area is 233 Å². The predicted octanol–water partition coefficient (Wildman–Crippen LogP) is 6.90. The molecule has 4 rings (SSSR count). The summed E-state index contributed by atoms with van der Waals surface area (Å²) in [5.41, 5.74) is 3.67. The Morgan fingerprint density at radius 1 is 1.02 bits per heavy atom. The first-order valence-corrected chi connectivity index (χ1v) is 13.2. The van der Waals surface area contributed by atoms with Crippen molar-refractivity contribution in [2.24, 2.45) is 0 Å². The number of fused-ring (bicyclic) bond motifs is 1. The van der Waals surface area contributed by atoms with Crippen LogP contribution in [0.4, 0.5) is 30.6 Å². The molecule has 9 heteroatoms. The van der Waals surface area contributed by atoms with Crippen LogP contribution in [-0.2, 0) is 6.54 Å². The van der Waals surface area contributed by atoms with E-state index in [9.17, 15) is 13.6 Å². The van der Waals surface area contributed by atoms with Gasteiger partial charge in [-0.25, -0.2) is 13.6 Å². The van der Waals surface area contributed by atoms with Gasteiger partial charge in [0.2, 0.25) is 0 Å². The first-order chi connectivity index (χ1) is 19.2. The van der Waals surface area contributed by atoms with Crippen LogP contribution in [0.3, 0.4) is 0 Å². The minimum absolute atomic E-state index is 0.0632. The molecule has 40 heavy (non-hydrogen) atoms. The van der Waals surface area contributed by atoms with Gasteiger partial charge >= 0.3 is 6.03 Å². The monoisotopic (exact) mass is 547 g/mol. The van der Waals surface area contributed by atoms with Crippen molar-refractivity contribution < 1.29 is 18.3 Å². The summed E-state index contributed by atoms with van der Waals surface area (Å²) < 4.78 is 33.1.